The average Bonchev–Trinajstić information content (AvgIpc) is 2.86. The smallest absolute Gasteiger partial charge is 0.412 e. The Bertz CT molecular complexity index is 942. The number of nitrogens with zero attached hydrogens (tertiary/aromatic N) is 2. The van der Waals surface area contributed by atoms with Gasteiger partial charge in [0.05, 0.1) is 22.6 Å². The molecular formula is C21H28N4O5. The zero-order chi connectivity index (χ0) is 22.6. The molecule has 1 heterocycles. The van der Waals surface area contributed by atoms with E-state index in [2.05, 4.69) is 15.7 Å². The lowest BCUT2D eigenvalue weighted by atomic mass is 10.2. The van der Waals surface area contributed by atoms with Crippen LogP contribution in [0.4, 0.5) is 16.2 Å². The van der Waals surface area contributed by atoms with E-state index in [4.69, 9.17) is 9.47 Å². The first-order chi connectivity index (χ1) is 13.9. The number of amides is 2. The van der Waals surface area contributed by atoms with E-state index in [1.165, 1.54) is 19.1 Å². The maximum Gasteiger partial charge on any atom is 0.412 e. The fraction of sp³-hybridized carbons (Fsp3) is 0.429. The Morgan fingerprint density at radius 1 is 1.07 bits per heavy atom. The van der Waals surface area contributed by atoms with Crippen molar-refractivity contribution in [3.05, 3.63) is 41.2 Å². The number of nitrogens with one attached hydrogen (secondary N) is 2. The summed E-state index contributed by atoms with van der Waals surface area (Å²) < 4.78 is 12.1. The zero-order valence-corrected chi connectivity index (χ0v) is 18.3. The van der Waals surface area contributed by atoms with Crippen molar-refractivity contribution in [1.29, 1.82) is 0 Å². The van der Waals surface area contributed by atoms with Gasteiger partial charge in [-0.25, -0.2) is 9.59 Å². The summed E-state index contributed by atoms with van der Waals surface area (Å²) in [6.45, 7) is 10.4. The summed E-state index contributed by atoms with van der Waals surface area (Å²) in [4.78, 5) is 36.5. The number of hydrogen-bond donors (Lipinski definition) is 2. The number of carbonyl (C=O) groups excluding carboxylic acids is 3. The van der Waals surface area contributed by atoms with Gasteiger partial charge in [0.25, 0.3) is 5.91 Å². The summed E-state index contributed by atoms with van der Waals surface area (Å²) in [5.41, 5.74) is 2.18. The van der Waals surface area contributed by atoms with Crippen LogP contribution in [-0.2, 0) is 21.3 Å². The molecule has 9 nitrogen and oxygen atoms in total. The third kappa shape index (κ3) is 6.07. The molecule has 30 heavy (non-hydrogen) atoms. The first-order valence-corrected chi connectivity index (χ1v) is 9.49. The molecule has 0 saturated heterocycles. The van der Waals surface area contributed by atoms with Crippen LogP contribution in [0.1, 0.15) is 49.4 Å². The van der Waals surface area contributed by atoms with E-state index >= 15 is 0 Å². The number of hydrogen-bond acceptors (Lipinski definition) is 6. The van der Waals surface area contributed by atoms with Crippen LogP contribution >= 0.6 is 0 Å². The van der Waals surface area contributed by atoms with Crippen LogP contribution in [0.25, 0.3) is 0 Å². The van der Waals surface area contributed by atoms with Crippen LogP contribution < -0.4 is 10.6 Å². The highest BCUT2D eigenvalue weighted by Crippen LogP contribution is 2.19. The monoisotopic (exact) mass is 416 g/mol. The molecule has 0 fully saturated rings. The van der Waals surface area contributed by atoms with Gasteiger partial charge in [0, 0.05) is 12.7 Å². The fourth-order valence-electron chi connectivity index (χ4n) is 2.57. The van der Waals surface area contributed by atoms with E-state index in [1.54, 1.807) is 51.6 Å². The Balaban J connectivity index is 1.95. The molecule has 1 aromatic heterocycles. The largest absolute Gasteiger partial charge is 0.449 e. The van der Waals surface area contributed by atoms with Crippen LogP contribution in [0.15, 0.2) is 24.3 Å². The van der Waals surface area contributed by atoms with Crippen LogP contribution in [0.2, 0.25) is 0 Å². The summed E-state index contributed by atoms with van der Waals surface area (Å²) in [5.74, 6) is -1.10. The SMILES string of the molecule is Cc1nn(C)c(C)c1NC(=O)[C@H](C)OC(=O)c1ccc(NC(=O)OC(C)(C)C)cc1. The van der Waals surface area contributed by atoms with Gasteiger partial charge in [-0.2, -0.15) is 5.10 Å². The number of rotatable bonds is 5. The molecule has 162 valence electrons. The standard InChI is InChI=1S/C21H28N4O5/c1-12-17(13(2)25(7)24-12)23-18(26)14(3)29-19(27)15-8-10-16(11-9-15)22-20(28)30-21(4,5)6/h8-11,14H,1-7H3,(H,22,28)(H,23,26)/t14-/m0/s1. The van der Waals surface area contributed by atoms with Crippen molar-refractivity contribution in [1.82, 2.24) is 9.78 Å². The molecule has 2 rings (SSSR count). The number of carbonyl (C=O) groups is 3. The van der Waals surface area contributed by atoms with Crippen LogP contribution in [0.5, 0.6) is 0 Å². The van der Waals surface area contributed by atoms with Gasteiger partial charge in [-0.1, -0.05) is 0 Å². The topological polar surface area (TPSA) is 112 Å². The molecule has 0 saturated carbocycles. The molecule has 2 amide bonds. The minimum absolute atomic E-state index is 0.248. The van der Waals surface area contributed by atoms with E-state index in [0.717, 1.165) is 5.69 Å². The summed E-state index contributed by atoms with van der Waals surface area (Å²) in [6, 6.07) is 6.09. The third-order valence-electron chi connectivity index (χ3n) is 4.18. The summed E-state index contributed by atoms with van der Waals surface area (Å²) in [5, 5.41) is 9.56. The van der Waals surface area contributed by atoms with Crippen molar-refractivity contribution < 1.29 is 23.9 Å². The van der Waals surface area contributed by atoms with Crippen molar-refractivity contribution >= 4 is 29.3 Å². The lowest BCUT2D eigenvalue weighted by Crippen LogP contribution is -2.30. The predicted molar refractivity (Wildman–Crippen MR) is 112 cm³/mol. The Hall–Kier alpha value is -3.36. The number of anilines is 2. The molecule has 0 aliphatic heterocycles. The van der Waals surface area contributed by atoms with E-state index in [-0.39, 0.29) is 5.56 Å². The second-order valence-electron chi connectivity index (χ2n) is 7.91. The first kappa shape index (κ1) is 22.9. The van der Waals surface area contributed by atoms with Crippen molar-refractivity contribution in [2.45, 2.75) is 53.2 Å². The Morgan fingerprint density at radius 3 is 2.17 bits per heavy atom. The highest BCUT2D eigenvalue weighted by atomic mass is 16.6. The zero-order valence-electron chi connectivity index (χ0n) is 18.3. The van der Waals surface area contributed by atoms with E-state index < -0.39 is 29.7 Å². The quantitative estimate of drug-likeness (QED) is 0.721. The van der Waals surface area contributed by atoms with Gasteiger partial charge in [0.15, 0.2) is 6.10 Å². The van der Waals surface area contributed by atoms with Crippen molar-refractivity contribution in [2.24, 2.45) is 7.05 Å². The normalized spacial score (nSPS) is 12.1. The molecular weight excluding hydrogens is 388 g/mol. The maximum absolute atomic E-state index is 12.4. The summed E-state index contributed by atoms with van der Waals surface area (Å²) >= 11 is 0. The number of ether oxygens (including phenoxy) is 2. The minimum Gasteiger partial charge on any atom is -0.449 e. The Kier molecular flexibility index (Phi) is 6.86. The average molecular weight is 416 g/mol. The van der Waals surface area contributed by atoms with Gasteiger partial charge in [0.2, 0.25) is 0 Å². The molecule has 1 aromatic carbocycles. The first-order valence-electron chi connectivity index (χ1n) is 9.49. The van der Waals surface area contributed by atoms with Gasteiger partial charge in [-0.15, -0.1) is 0 Å². The molecule has 0 radical (unpaired) electrons. The van der Waals surface area contributed by atoms with E-state index in [1.807, 2.05) is 6.92 Å². The van der Waals surface area contributed by atoms with Gasteiger partial charge in [0.1, 0.15) is 5.60 Å². The highest BCUT2D eigenvalue weighted by molar-refractivity contribution is 5.98. The number of benzene rings is 1. The van der Waals surface area contributed by atoms with Crippen molar-refractivity contribution in [2.75, 3.05) is 10.6 Å². The highest BCUT2D eigenvalue weighted by Gasteiger charge is 2.22. The Morgan fingerprint density at radius 2 is 1.67 bits per heavy atom. The van der Waals surface area contributed by atoms with Crippen molar-refractivity contribution in [3.63, 3.8) is 0 Å². The molecule has 0 aliphatic carbocycles. The molecule has 9 heteroatoms. The molecule has 0 bridgehead atoms. The number of aryl methyl sites for hydroxylation is 2. The van der Waals surface area contributed by atoms with E-state index in [0.29, 0.717) is 17.1 Å². The fourth-order valence-corrected chi connectivity index (χ4v) is 2.57. The molecule has 2 N–H and O–H groups in total. The van der Waals surface area contributed by atoms with Gasteiger partial charge < -0.3 is 14.8 Å². The Labute approximate surface area is 175 Å². The van der Waals surface area contributed by atoms with Gasteiger partial charge in [-0.3, -0.25) is 14.8 Å². The van der Waals surface area contributed by atoms with Crippen LogP contribution in [-0.4, -0.2) is 39.5 Å². The molecule has 2 aromatic rings. The van der Waals surface area contributed by atoms with E-state index in [9.17, 15) is 14.4 Å². The summed E-state index contributed by atoms with van der Waals surface area (Å²) in [7, 11) is 1.78. The molecule has 1 atom stereocenters. The summed E-state index contributed by atoms with van der Waals surface area (Å²) in [6.07, 6.45) is -1.60. The maximum atomic E-state index is 12.4. The molecule has 0 spiro atoms. The molecule has 0 aliphatic rings. The lowest BCUT2D eigenvalue weighted by molar-refractivity contribution is -0.123. The van der Waals surface area contributed by atoms with Crippen LogP contribution in [0.3, 0.4) is 0 Å². The molecule has 0 unspecified atom stereocenters. The second kappa shape index (κ2) is 8.98. The van der Waals surface area contributed by atoms with Crippen molar-refractivity contribution in [3.8, 4) is 0 Å². The third-order valence-corrected chi connectivity index (χ3v) is 4.18. The van der Waals surface area contributed by atoms with Gasteiger partial charge in [-0.05, 0) is 65.8 Å². The van der Waals surface area contributed by atoms with Crippen LogP contribution in [0, 0.1) is 13.8 Å². The minimum atomic E-state index is -1.00. The number of esters is 1. The van der Waals surface area contributed by atoms with Gasteiger partial charge >= 0.3 is 12.1 Å². The second-order valence-corrected chi connectivity index (χ2v) is 7.91. The predicted octanol–water partition coefficient (Wildman–Crippen LogP) is 3.57. The number of aromatic nitrogens is 2. The lowest BCUT2D eigenvalue weighted by Gasteiger charge is -2.19.